The van der Waals surface area contributed by atoms with Crippen LogP contribution < -0.4 is 15.4 Å². The molecule has 0 aromatic heterocycles. The fraction of sp³-hybridized carbons (Fsp3) is 0.690. The first-order valence-electron chi connectivity index (χ1n) is 14.2. The summed E-state index contributed by atoms with van der Waals surface area (Å²) in [7, 11) is 0. The quantitative estimate of drug-likeness (QED) is 0.338. The molecule has 6 atom stereocenters. The minimum absolute atomic E-state index is 0.0257. The summed E-state index contributed by atoms with van der Waals surface area (Å²) >= 11 is 0. The largest absolute Gasteiger partial charge is 0.494 e. The van der Waals surface area contributed by atoms with Gasteiger partial charge in [-0.15, -0.1) is 0 Å². The summed E-state index contributed by atoms with van der Waals surface area (Å²) in [5.41, 5.74) is -1.24. The van der Waals surface area contributed by atoms with Crippen molar-refractivity contribution in [1.82, 2.24) is 10.2 Å². The number of anilines is 1. The Morgan fingerprint density at radius 1 is 1.16 bits per heavy atom. The summed E-state index contributed by atoms with van der Waals surface area (Å²) in [6.45, 7) is 8.89. The molecular weight excluding hydrogens is 486 g/mol. The summed E-state index contributed by atoms with van der Waals surface area (Å²) in [5, 5.41) is 15.3. The molecule has 3 aliphatic heterocycles. The number of unbranched alkanes of at least 4 members (excludes halogenated alkanes) is 2. The molecule has 3 aliphatic rings. The highest BCUT2D eigenvalue weighted by atomic mass is 16.5. The van der Waals surface area contributed by atoms with Gasteiger partial charge in [-0.05, 0) is 83.6 Å². The summed E-state index contributed by atoms with van der Waals surface area (Å²) < 4.78 is 12.1. The highest BCUT2D eigenvalue weighted by Crippen LogP contribution is 2.63. The number of rotatable bonds is 13. The van der Waals surface area contributed by atoms with Crippen LogP contribution in [0.15, 0.2) is 24.3 Å². The van der Waals surface area contributed by atoms with E-state index in [1.54, 1.807) is 29.2 Å². The van der Waals surface area contributed by atoms with Crippen molar-refractivity contribution < 1.29 is 29.0 Å². The van der Waals surface area contributed by atoms with E-state index in [1.165, 1.54) is 0 Å². The number of aliphatic hydroxyl groups excluding tert-OH is 1. The lowest BCUT2D eigenvalue weighted by Gasteiger charge is -2.34. The van der Waals surface area contributed by atoms with Gasteiger partial charge >= 0.3 is 0 Å². The molecule has 3 heterocycles. The average molecular weight is 530 g/mol. The van der Waals surface area contributed by atoms with Crippen molar-refractivity contribution >= 4 is 23.4 Å². The molecule has 1 spiro atoms. The van der Waals surface area contributed by atoms with E-state index in [9.17, 15) is 19.5 Å². The Morgan fingerprint density at radius 2 is 1.89 bits per heavy atom. The van der Waals surface area contributed by atoms with Gasteiger partial charge in [0.05, 0.1) is 24.0 Å². The van der Waals surface area contributed by atoms with Crippen LogP contribution in [0.25, 0.3) is 0 Å². The molecule has 9 heteroatoms. The zero-order valence-electron chi connectivity index (χ0n) is 23.1. The van der Waals surface area contributed by atoms with Crippen molar-refractivity contribution in [2.45, 2.75) is 95.9 Å². The van der Waals surface area contributed by atoms with Crippen molar-refractivity contribution in [2.24, 2.45) is 11.8 Å². The number of fused-ring (bicyclic) bond motifs is 1. The molecule has 38 heavy (non-hydrogen) atoms. The highest BCUT2D eigenvalue weighted by molar-refractivity contribution is 6.02. The highest BCUT2D eigenvalue weighted by Gasteiger charge is 2.77. The van der Waals surface area contributed by atoms with Crippen molar-refractivity contribution in [3.63, 3.8) is 0 Å². The maximum absolute atomic E-state index is 14.0. The molecule has 3 fully saturated rings. The smallest absolute Gasteiger partial charge is 0.246 e. The molecule has 0 radical (unpaired) electrons. The Balaban J connectivity index is 1.61. The normalized spacial score (nSPS) is 30.3. The summed E-state index contributed by atoms with van der Waals surface area (Å²) in [5.74, 6) is -1.38. The Bertz CT molecular complexity index is 1020. The first-order chi connectivity index (χ1) is 18.2. The lowest BCUT2D eigenvalue weighted by Crippen LogP contribution is -2.56. The minimum atomic E-state index is -1.03. The maximum atomic E-state index is 14.0. The molecule has 3 saturated heterocycles. The van der Waals surface area contributed by atoms with Crippen LogP contribution in [0.1, 0.15) is 72.6 Å². The lowest BCUT2D eigenvalue weighted by molar-refractivity contribution is -0.145. The zero-order valence-corrected chi connectivity index (χ0v) is 23.1. The number of benzene rings is 1. The van der Waals surface area contributed by atoms with E-state index in [0.717, 1.165) is 19.3 Å². The van der Waals surface area contributed by atoms with Crippen LogP contribution in [0.5, 0.6) is 5.75 Å². The van der Waals surface area contributed by atoms with Crippen LogP contribution in [0.2, 0.25) is 0 Å². The Kier molecular flexibility index (Phi) is 8.67. The maximum Gasteiger partial charge on any atom is 0.246 e. The van der Waals surface area contributed by atoms with E-state index in [2.05, 4.69) is 17.6 Å². The number of nitrogens with one attached hydrogen (secondary N) is 2. The summed E-state index contributed by atoms with van der Waals surface area (Å²) in [4.78, 5) is 43.1. The van der Waals surface area contributed by atoms with Gasteiger partial charge in [0.15, 0.2) is 0 Å². The van der Waals surface area contributed by atoms with Gasteiger partial charge < -0.3 is 30.1 Å². The molecule has 0 aliphatic carbocycles. The molecule has 9 nitrogen and oxygen atoms in total. The van der Waals surface area contributed by atoms with E-state index in [1.807, 2.05) is 20.8 Å². The van der Waals surface area contributed by atoms with E-state index < -0.39 is 29.1 Å². The fourth-order valence-corrected chi connectivity index (χ4v) is 6.79. The van der Waals surface area contributed by atoms with Crippen LogP contribution in [0, 0.1) is 11.8 Å². The number of amides is 3. The van der Waals surface area contributed by atoms with Crippen molar-refractivity contribution in [2.75, 3.05) is 25.1 Å². The molecule has 210 valence electrons. The lowest BCUT2D eigenvalue weighted by atomic mass is 9.66. The SMILES string of the molecule is CCCC(C)NC(=O)C1N(CCCCCO)C(=O)[C@@H]2[C@@H](C(=O)Nc3ccc(OCC)cc3)[C@@]3(C)CCC12O3. The molecule has 1 aromatic carbocycles. The molecule has 0 saturated carbocycles. The predicted octanol–water partition coefficient (Wildman–Crippen LogP) is 3.26. The molecule has 3 N–H and O–H groups in total. The Morgan fingerprint density at radius 3 is 2.55 bits per heavy atom. The van der Waals surface area contributed by atoms with E-state index in [0.29, 0.717) is 50.3 Å². The number of ether oxygens (including phenoxy) is 2. The topological polar surface area (TPSA) is 117 Å². The van der Waals surface area contributed by atoms with Crippen molar-refractivity contribution in [3.05, 3.63) is 24.3 Å². The van der Waals surface area contributed by atoms with Gasteiger partial charge in [-0.2, -0.15) is 0 Å². The monoisotopic (exact) mass is 529 g/mol. The number of hydrogen-bond acceptors (Lipinski definition) is 6. The number of aliphatic hydroxyl groups is 1. The number of carbonyl (C=O) groups excluding carboxylic acids is 3. The van der Waals surface area contributed by atoms with Crippen LogP contribution in [0.4, 0.5) is 5.69 Å². The van der Waals surface area contributed by atoms with E-state index in [-0.39, 0.29) is 30.4 Å². The number of carbonyl (C=O) groups is 3. The van der Waals surface area contributed by atoms with Crippen LogP contribution in [0.3, 0.4) is 0 Å². The van der Waals surface area contributed by atoms with E-state index >= 15 is 0 Å². The Labute approximate surface area is 225 Å². The van der Waals surface area contributed by atoms with Gasteiger partial charge in [0.25, 0.3) is 0 Å². The predicted molar refractivity (Wildman–Crippen MR) is 144 cm³/mol. The van der Waals surface area contributed by atoms with Crippen LogP contribution in [-0.2, 0) is 19.1 Å². The molecule has 2 bridgehead atoms. The first-order valence-corrected chi connectivity index (χ1v) is 14.2. The molecule has 1 aromatic rings. The van der Waals surface area contributed by atoms with E-state index in [4.69, 9.17) is 9.47 Å². The first kappa shape index (κ1) is 28.4. The summed E-state index contributed by atoms with van der Waals surface area (Å²) in [6, 6.07) is 6.36. The molecule has 3 unspecified atom stereocenters. The minimum Gasteiger partial charge on any atom is -0.494 e. The summed E-state index contributed by atoms with van der Waals surface area (Å²) in [6.07, 6.45) is 4.99. The van der Waals surface area contributed by atoms with Crippen LogP contribution in [-0.4, -0.2) is 70.8 Å². The van der Waals surface area contributed by atoms with Crippen LogP contribution >= 0.6 is 0 Å². The molecule has 3 amide bonds. The van der Waals surface area contributed by atoms with Gasteiger partial charge in [-0.1, -0.05) is 13.3 Å². The fourth-order valence-electron chi connectivity index (χ4n) is 6.79. The number of likely N-dealkylation sites (tertiary alicyclic amines) is 1. The third-order valence-corrected chi connectivity index (χ3v) is 8.41. The van der Waals surface area contributed by atoms with Crippen molar-refractivity contribution in [1.29, 1.82) is 0 Å². The van der Waals surface area contributed by atoms with Gasteiger partial charge in [0.1, 0.15) is 17.4 Å². The average Bonchev–Trinajstić information content (AvgIpc) is 3.44. The second kappa shape index (κ2) is 11.6. The van der Waals surface area contributed by atoms with Gasteiger partial charge in [-0.25, -0.2) is 0 Å². The third kappa shape index (κ3) is 5.15. The number of nitrogens with zero attached hydrogens (tertiary/aromatic N) is 1. The second-order valence-electron chi connectivity index (χ2n) is 11.2. The third-order valence-electron chi connectivity index (χ3n) is 8.41. The Hall–Kier alpha value is -2.65. The molecular formula is C29H43N3O6. The van der Waals surface area contributed by atoms with Gasteiger partial charge in [-0.3, -0.25) is 14.4 Å². The molecule has 4 rings (SSSR count). The van der Waals surface area contributed by atoms with Gasteiger partial charge in [0, 0.05) is 24.9 Å². The standard InChI is InChI=1S/C29H43N3O6/c1-5-10-19(3)30-26(35)24-29-16-15-28(4,38-29)22(23(29)27(36)32(24)17-8-7-9-18-33)25(34)31-20-11-13-21(14-12-20)37-6-2/h11-14,19,22-24,33H,5-10,15-18H2,1-4H3,(H,30,35)(H,31,34)/t19?,22-,23-,24?,28+,29?/m0/s1. The zero-order chi connectivity index (χ0) is 27.5. The second-order valence-corrected chi connectivity index (χ2v) is 11.2. The van der Waals surface area contributed by atoms with Gasteiger partial charge in [0.2, 0.25) is 17.7 Å². The van der Waals surface area contributed by atoms with Crippen molar-refractivity contribution in [3.8, 4) is 5.75 Å². The number of hydrogen-bond donors (Lipinski definition) is 3.